The van der Waals surface area contributed by atoms with Crippen LogP contribution in [0.2, 0.25) is 0 Å². The molecule has 128 valence electrons. The maximum absolute atomic E-state index is 11.7. The van der Waals surface area contributed by atoms with Gasteiger partial charge in [-0.25, -0.2) is 0 Å². The van der Waals surface area contributed by atoms with Gasteiger partial charge in [0.25, 0.3) is 5.91 Å². The summed E-state index contributed by atoms with van der Waals surface area (Å²) in [7, 11) is 0. The molecule has 4 nitrogen and oxygen atoms in total. The average molecular weight is 319 g/mol. The Hall–Kier alpha value is -1.84. The van der Waals surface area contributed by atoms with Gasteiger partial charge in [-0.15, -0.1) is 0 Å². The predicted octanol–water partition coefficient (Wildman–Crippen LogP) is 4.58. The zero-order chi connectivity index (χ0) is 16.9. The number of hydrogen-bond donors (Lipinski definition) is 1. The summed E-state index contributed by atoms with van der Waals surface area (Å²) in [6, 6.07) is 7.45. The Labute approximate surface area is 139 Å². The minimum atomic E-state index is -0.537. The van der Waals surface area contributed by atoms with Crippen molar-refractivity contribution in [3.63, 3.8) is 0 Å². The molecular formula is C19H29NO3. The van der Waals surface area contributed by atoms with Gasteiger partial charge in [0.1, 0.15) is 0 Å². The second-order valence-electron chi connectivity index (χ2n) is 5.95. The second kappa shape index (κ2) is 11.7. The molecule has 1 aromatic carbocycles. The summed E-state index contributed by atoms with van der Waals surface area (Å²) in [4.78, 5) is 26.8. The van der Waals surface area contributed by atoms with Crippen LogP contribution in [-0.4, -0.2) is 11.9 Å². The number of hydroxylamine groups is 1. The van der Waals surface area contributed by atoms with E-state index < -0.39 is 11.9 Å². The zero-order valence-electron chi connectivity index (χ0n) is 14.4. The lowest BCUT2D eigenvalue weighted by Crippen LogP contribution is -2.25. The molecule has 0 heterocycles. The molecule has 0 bridgehead atoms. The van der Waals surface area contributed by atoms with Crippen molar-refractivity contribution in [2.24, 2.45) is 0 Å². The molecule has 0 saturated carbocycles. The summed E-state index contributed by atoms with van der Waals surface area (Å²) in [5, 5.41) is 0. The quantitative estimate of drug-likeness (QED) is 0.507. The minimum absolute atomic E-state index is 0.404. The molecule has 0 fully saturated rings. The molecule has 0 aliphatic carbocycles. The van der Waals surface area contributed by atoms with E-state index >= 15 is 0 Å². The third-order valence-corrected chi connectivity index (χ3v) is 3.82. The summed E-state index contributed by atoms with van der Waals surface area (Å²) >= 11 is 0. The van der Waals surface area contributed by atoms with Crippen molar-refractivity contribution in [3.8, 4) is 0 Å². The van der Waals surface area contributed by atoms with E-state index in [1.807, 2.05) is 12.1 Å². The molecule has 0 atom stereocenters. The van der Waals surface area contributed by atoms with Gasteiger partial charge in [-0.1, -0.05) is 64.0 Å². The van der Waals surface area contributed by atoms with E-state index in [1.54, 1.807) is 12.1 Å². The van der Waals surface area contributed by atoms with Crippen LogP contribution in [0.15, 0.2) is 24.3 Å². The maximum atomic E-state index is 11.7. The monoisotopic (exact) mass is 319 g/mol. The number of amides is 1. The highest BCUT2D eigenvalue weighted by atomic mass is 16.7. The molecule has 0 radical (unpaired) electrons. The van der Waals surface area contributed by atoms with E-state index in [4.69, 9.17) is 0 Å². The van der Waals surface area contributed by atoms with Gasteiger partial charge in [0, 0.05) is 12.5 Å². The van der Waals surface area contributed by atoms with E-state index in [9.17, 15) is 9.59 Å². The van der Waals surface area contributed by atoms with Crippen molar-refractivity contribution in [2.45, 2.75) is 71.6 Å². The van der Waals surface area contributed by atoms with E-state index in [2.05, 4.69) is 17.2 Å². The third kappa shape index (κ3) is 9.01. The van der Waals surface area contributed by atoms with Gasteiger partial charge in [0.05, 0.1) is 0 Å². The lowest BCUT2D eigenvalue weighted by Gasteiger charge is -2.05. The van der Waals surface area contributed by atoms with Gasteiger partial charge in [0.15, 0.2) is 0 Å². The number of carbonyl (C=O) groups is 2. The molecule has 0 unspecified atom stereocenters. The molecule has 4 heteroatoms. The van der Waals surface area contributed by atoms with Gasteiger partial charge in [-0.05, 0) is 30.5 Å². The Morgan fingerprint density at radius 3 is 2.04 bits per heavy atom. The summed E-state index contributed by atoms with van der Waals surface area (Å²) in [5.74, 6) is -0.941. The number of hydrogen-bond acceptors (Lipinski definition) is 3. The SMILES string of the molecule is CCCCCCCCCCc1ccc(C(=O)NOC(C)=O)cc1. The van der Waals surface area contributed by atoms with Crippen molar-refractivity contribution in [3.05, 3.63) is 35.4 Å². The van der Waals surface area contributed by atoms with E-state index in [-0.39, 0.29) is 0 Å². The van der Waals surface area contributed by atoms with Crippen LogP contribution in [0.5, 0.6) is 0 Å². The minimum Gasteiger partial charge on any atom is -0.341 e. The number of aryl methyl sites for hydroxylation is 1. The van der Waals surface area contributed by atoms with Crippen molar-refractivity contribution in [1.82, 2.24) is 5.48 Å². The normalized spacial score (nSPS) is 10.3. The highest BCUT2D eigenvalue weighted by molar-refractivity contribution is 5.94. The fourth-order valence-corrected chi connectivity index (χ4v) is 2.46. The highest BCUT2D eigenvalue weighted by Gasteiger charge is 2.06. The van der Waals surface area contributed by atoms with Gasteiger partial charge < -0.3 is 4.84 Å². The zero-order valence-corrected chi connectivity index (χ0v) is 14.4. The molecule has 1 rings (SSSR count). The Kier molecular flexibility index (Phi) is 9.76. The molecule has 0 aliphatic heterocycles. The molecule has 1 aromatic rings. The Morgan fingerprint density at radius 1 is 0.913 bits per heavy atom. The van der Waals surface area contributed by atoms with E-state index in [0.29, 0.717) is 5.56 Å². The first-order chi connectivity index (χ1) is 11.1. The Morgan fingerprint density at radius 2 is 1.48 bits per heavy atom. The summed E-state index contributed by atoms with van der Waals surface area (Å²) in [6.07, 6.45) is 11.5. The number of rotatable bonds is 10. The first kappa shape index (κ1) is 19.2. The van der Waals surface area contributed by atoms with Crippen molar-refractivity contribution >= 4 is 11.9 Å². The van der Waals surface area contributed by atoms with Crippen molar-refractivity contribution in [1.29, 1.82) is 0 Å². The third-order valence-electron chi connectivity index (χ3n) is 3.82. The molecular weight excluding hydrogens is 290 g/mol. The highest BCUT2D eigenvalue weighted by Crippen LogP contribution is 2.12. The fraction of sp³-hybridized carbons (Fsp3) is 0.579. The standard InChI is InChI=1S/C19H29NO3/c1-3-4-5-6-7-8-9-10-11-17-12-14-18(15-13-17)19(22)20-23-16(2)21/h12-15H,3-11H2,1-2H3,(H,20,22). The average Bonchev–Trinajstić information content (AvgIpc) is 2.55. The van der Waals surface area contributed by atoms with Crippen molar-refractivity contribution < 1.29 is 14.4 Å². The van der Waals surface area contributed by atoms with Gasteiger partial charge in [-0.2, -0.15) is 5.48 Å². The summed E-state index contributed by atoms with van der Waals surface area (Å²) in [6.45, 7) is 3.48. The number of benzene rings is 1. The number of unbranched alkanes of at least 4 members (excludes halogenated alkanes) is 7. The second-order valence-corrected chi connectivity index (χ2v) is 5.95. The fourth-order valence-electron chi connectivity index (χ4n) is 2.46. The van der Waals surface area contributed by atoms with Crippen LogP contribution < -0.4 is 5.48 Å². The lowest BCUT2D eigenvalue weighted by atomic mass is 10.0. The van der Waals surface area contributed by atoms with Gasteiger partial charge in [0.2, 0.25) is 0 Å². The van der Waals surface area contributed by atoms with Gasteiger partial charge in [-0.3, -0.25) is 9.59 Å². The van der Waals surface area contributed by atoms with Crippen molar-refractivity contribution in [2.75, 3.05) is 0 Å². The van der Waals surface area contributed by atoms with Crippen LogP contribution in [-0.2, 0) is 16.1 Å². The topological polar surface area (TPSA) is 55.4 Å². The summed E-state index contributed by atoms with van der Waals surface area (Å²) < 4.78 is 0. The number of carbonyl (C=O) groups excluding carboxylic acids is 2. The number of nitrogens with one attached hydrogen (secondary N) is 1. The molecule has 1 N–H and O–H groups in total. The first-order valence-electron chi connectivity index (χ1n) is 8.70. The van der Waals surface area contributed by atoms with Crippen LogP contribution in [0.4, 0.5) is 0 Å². The smallest absolute Gasteiger partial charge is 0.329 e. The molecule has 1 amide bonds. The van der Waals surface area contributed by atoms with Crippen LogP contribution in [0.25, 0.3) is 0 Å². The van der Waals surface area contributed by atoms with Gasteiger partial charge >= 0.3 is 5.97 Å². The van der Waals surface area contributed by atoms with Crippen LogP contribution in [0.3, 0.4) is 0 Å². The predicted molar refractivity (Wildman–Crippen MR) is 92.0 cm³/mol. The van der Waals surface area contributed by atoms with Crippen LogP contribution in [0.1, 0.15) is 81.1 Å². The Balaban J connectivity index is 2.18. The van der Waals surface area contributed by atoms with Crippen LogP contribution in [0, 0.1) is 0 Å². The molecule has 0 aromatic heterocycles. The van der Waals surface area contributed by atoms with E-state index in [1.165, 1.54) is 63.9 Å². The maximum Gasteiger partial charge on any atom is 0.329 e. The molecule has 0 saturated heterocycles. The summed E-state index contributed by atoms with van der Waals surface area (Å²) in [5.41, 5.74) is 3.84. The molecule has 0 spiro atoms. The van der Waals surface area contributed by atoms with E-state index in [0.717, 1.165) is 6.42 Å². The first-order valence-corrected chi connectivity index (χ1v) is 8.70. The lowest BCUT2D eigenvalue weighted by molar-refractivity contribution is -0.146. The van der Waals surface area contributed by atoms with Crippen LogP contribution >= 0.6 is 0 Å². The Bertz CT molecular complexity index is 468. The molecule has 0 aliphatic rings. The largest absolute Gasteiger partial charge is 0.341 e. The molecule has 23 heavy (non-hydrogen) atoms.